The lowest BCUT2D eigenvalue weighted by atomic mass is 10.2. The summed E-state index contributed by atoms with van der Waals surface area (Å²) in [6, 6.07) is 6.08. The van der Waals surface area contributed by atoms with Gasteiger partial charge in [0.05, 0.1) is 23.1 Å². The lowest BCUT2D eigenvalue weighted by molar-refractivity contribution is 0.0792. The van der Waals surface area contributed by atoms with Crippen LogP contribution in [0.4, 0.5) is 4.39 Å². The number of benzene rings is 1. The van der Waals surface area contributed by atoms with Crippen LogP contribution in [0.25, 0.3) is 5.69 Å². The molecule has 0 atom stereocenters. The molecule has 2 heterocycles. The van der Waals surface area contributed by atoms with Gasteiger partial charge in [-0.3, -0.25) is 4.79 Å². The number of nitrogens with zero attached hydrogens (tertiary/aromatic N) is 3. The molecule has 1 aromatic heterocycles. The third-order valence-corrected chi connectivity index (χ3v) is 3.70. The van der Waals surface area contributed by atoms with Crippen molar-refractivity contribution >= 4 is 5.91 Å². The molecule has 0 aliphatic carbocycles. The van der Waals surface area contributed by atoms with Gasteiger partial charge in [-0.2, -0.15) is 5.10 Å². The molecule has 0 unspecified atom stereocenters. The van der Waals surface area contributed by atoms with Gasteiger partial charge in [0.25, 0.3) is 5.91 Å². The van der Waals surface area contributed by atoms with E-state index in [9.17, 15) is 9.18 Å². The van der Waals surface area contributed by atoms with Crippen molar-refractivity contribution < 1.29 is 9.18 Å². The second-order valence-electron chi connectivity index (χ2n) is 5.03. The highest BCUT2D eigenvalue weighted by molar-refractivity contribution is 5.95. The molecule has 0 spiro atoms. The summed E-state index contributed by atoms with van der Waals surface area (Å²) in [6.07, 6.45) is 3.73. The summed E-state index contributed by atoms with van der Waals surface area (Å²) in [5.41, 5.74) is 2.16. The lowest BCUT2D eigenvalue weighted by Gasteiger charge is -2.14. The van der Waals surface area contributed by atoms with Crippen molar-refractivity contribution in [3.63, 3.8) is 0 Å². The number of halogens is 1. The minimum Gasteiger partial charge on any atom is -0.339 e. The third kappa shape index (κ3) is 2.19. The third-order valence-electron chi connectivity index (χ3n) is 3.70. The minimum absolute atomic E-state index is 0.0355. The molecule has 1 fully saturated rings. The van der Waals surface area contributed by atoms with Gasteiger partial charge in [0.2, 0.25) is 0 Å². The van der Waals surface area contributed by atoms with Gasteiger partial charge in [-0.15, -0.1) is 0 Å². The number of aromatic nitrogens is 2. The highest BCUT2D eigenvalue weighted by Gasteiger charge is 2.23. The van der Waals surface area contributed by atoms with E-state index in [1.165, 1.54) is 12.1 Å². The molecule has 5 heteroatoms. The molecule has 0 saturated carbocycles. The molecule has 2 aromatic rings. The van der Waals surface area contributed by atoms with Crippen molar-refractivity contribution in [1.82, 2.24) is 14.7 Å². The van der Waals surface area contributed by atoms with E-state index in [0.29, 0.717) is 5.56 Å². The summed E-state index contributed by atoms with van der Waals surface area (Å²) in [5.74, 6) is -0.250. The fraction of sp³-hybridized carbons (Fsp3) is 0.333. The molecule has 4 nitrogen and oxygen atoms in total. The van der Waals surface area contributed by atoms with Crippen molar-refractivity contribution in [2.24, 2.45) is 0 Å². The first kappa shape index (κ1) is 12.8. The molecule has 1 aromatic carbocycles. The van der Waals surface area contributed by atoms with Gasteiger partial charge in [-0.25, -0.2) is 9.07 Å². The van der Waals surface area contributed by atoms with Crippen LogP contribution in [-0.4, -0.2) is 33.7 Å². The van der Waals surface area contributed by atoms with E-state index in [1.54, 1.807) is 23.0 Å². The molecule has 1 aliphatic rings. The van der Waals surface area contributed by atoms with Crippen molar-refractivity contribution in [2.45, 2.75) is 19.8 Å². The number of carbonyl (C=O) groups excluding carboxylic acids is 1. The summed E-state index contributed by atoms with van der Waals surface area (Å²) < 4.78 is 14.6. The summed E-state index contributed by atoms with van der Waals surface area (Å²) in [7, 11) is 0. The average Bonchev–Trinajstić information content (AvgIpc) is 3.09. The Labute approximate surface area is 116 Å². The zero-order valence-electron chi connectivity index (χ0n) is 11.3. The monoisotopic (exact) mass is 273 g/mol. The largest absolute Gasteiger partial charge is 0.339 e. The Morgan fingerprint density at radius 2 is 1.85 bits per heavy atom. The van der Waals surface area contributed by atoms with Gasteiger partial charge < -0.3 is 4.90 Å². The van der Waals surface area contributed by atoms with Crippen molar-refractivity contribution in [3.05, 3.63) is 47.5 Å². The standard InChI is InChI=1S/C15H16FN3O/c1-11-14(15(20)18-8-2-3-9-18)10-17-19(11)13-6-4-12(16)5-7-13/h4-7,10H,2-3,8-9H2,1H3. The molecule has 0 N–H and O–H groups in total. The van der Waals surface area contributed by atoms with Crippen molar-refractivity contribution in [1.29, 1.82) is 0 Å². The van der Waals surface area contributed by atoms with Crippen LogP contribution in [0, 0.1) is 12.7 Å². The predicted molar refractivity (Wildman–Crippen MR) is 73.4 cm³/mol. The average molecular weight is 273 g/mol. The van der Waals surface area contributed by atoms with E-state index in [-0.39, 0.29) is 11.7 Å². The van der Waals surface area contributed by atoms with E-state index < -0.39 is 0 Å². The highest BCUT2D eigenvalue weighted by Crippen LogP contribution is 2.18. The second kappa shape index (κ2) is 5.07. The van der Waals surface area contributed by atoms with Crippen LogP contribution in [0.15, 0.2) is 30.5 Å². The Balaban J connectivity index is 1.92. The number of carbonyl (C=O) groups is 1. The highest BCUT2D eigenvalue weighted by atomic mass is 19.1. The first-order valence-electron chi connectivity index (χ1n) is 6.76. The quantitative estimate of drug-likeness (QED) is 0.843. The van der Waals surface area contributed by atoms with Crippen LogP contribution >= 0.6 is 0 Å². The van der Waals surface area contributed by atoms with E-state index in [4.69, 9.17) is 0 Å². The fourth-order valence-electron chi connectivity index (χ4n) is 2.55. The Kier molecular flexibility index (Phi) is 3.26. The van der Waals surface area contributed by atoms with Crippen LogP contribution in [0.1, 0.15) is 28.9 Å². The topological polar surface area (TPSA) is 38.1 Å². The molecule has 0 bridgehead atoms. The molecule has 0 radical (unpaired) electrons. The summed E-state index contributed by atoms with van der Waals surface area (Å²) in [5, 5.41) is 4.25. The second-order valence-corrected chi connectivity index (χ2v) is 5.03. The van der Waals surface area contributed by atoms with E-state index in [1.807, 2.05) is 11.8 Å². The molecule has 1 saturated heterocycles. The van der Waals surface area contributed by atoms with Crippen LogP contribution in [0.5, 0.6) is 0 Å². The van der Waals surface area contributed by atoms with Gasteiger partial charge in [0.1, 0.15) is 5.82 Å². The molecule has 1 aliphatic heterocycles. The van der Waals surface area contributed by atoms with Crippen LogP contribution < -0.4 is 0 Å². The maximum atomic E-state index is 13.0. The van der Waals surface area contributed by atoms with Crippen LogP contribution in [-0.2, 0) is 0 Å². The maximum Gasteiger partial charge on any atom is 0.257 e. The Morgan fingerprint density at radius 1 is 1.20 bits per heavy atom. The van der Waals surface area contributed by atoms with Gasteiger partial charge in [0, 0.05) is 13.1 Å². The maximum absolute atomic E-state index is 13.0. The summed E-state index contributed by atoms with van der Waals surface area (Å²) >= 11 is 0. The molecular formula is C15H16FN3O. The SMILES string of the molecule is Cc1c(C(=O)N2CCCC2)cnn1-c1ccc(F)cc1. The number of hydrogen-bond donors (Lipinski definition) is 0. The van der Waals surface area contributed by atoms with Crippen LogP contribution in [0.3, 0.4) is 0 Å². The van der Waals surface area contributed by atoms with E-state index >= 15 is 0 Å². The molecular weight excluding hydrogens is 257 g/mol. The smallest absolute Gasteiger partial charge is 0.257 e. The number of hydrogen-bond acceptors (Lipinski definition) is 2. The number of likely N-dealkylation sites (tertiary alicyclic amines) is 1. The Bertz CT molecular complexity index is 627. The predicted octanol–water partition coefficient (Wildman–Crippen LogP) is 2.56. The summed E-state index contributed by atoms with van der Waals surface area (Å²) in [6.45, 7) is 3.50. The Morgan fingerprint density at radius 3 is 2.50 bits per heavy atom. The normalized spacial score (nSPS) is 14.8. The Hall–Kier alpha value is -2.17. The van der Waals surface area contributed by atoms with Crippen molar-refractivity contribution in [2.75, 3.05) is 13.1 Å². The number of amides is 1. The first-order chi connectivity index (χ1) is 9.66. The zero-order chi connectivity index (χ0) is 14.1. The van der Waals surface area contributed by atoms with Gasteiger partial charge in [-0.05, 0) is 44.0 Å². The number of rotatable bonds is 2. The lowest BCUT2D eigenvalue weighted by Crippen LogP contribution is -2.27. The minimum atomic E-state index is -0.285. The van der Waals surface area contributed by atoms with Gasteiger partial charge in [-0.1, -0.05) is 0 Å². The molecule has 1 amide bonds. The fourth-order valence-corrected chi connectivity index (χ4v) is 2.55. The van der Waals surface area contributed by atoms with E-state index in [2.05, 4.69) is 5.10 Å². The van der Waals surface area contributed by atoms with E-state index in [0.717, 1.165) is 37.3 Å². The molecule has 3 rings (SSSR count). The van der Waals surface area contributed by atoms with Crippen molar-refractivity contribution in [3.8, 4) is 5.69 Å². The van der Waals surface area contributed by atoms with Gasteiger partial charge in [0.15, 0.2) is 0 Å². The molecule has 20 heavy (non-hydrogen) atoms. The first-order valence-corrected chi connectivity index (χ1v) is 6.76. The van der Waals surface area contributed by atoms with Gasteiger partial charge >= 0.3 is 0 Å². The summed E-state index contributed by atoms with van der Waals surface area (Å²) in [4.78, 5) is 14.2. The molecule has 104 valence electrons. The van der Waals surface area contributed by atoms with Crippen LogP contribution in [0.2, 0.25) is 0 Å². The zero-order valence-corrected chi connectivity index (χ0v) is 11.3.